The molecule has 0 amide bonds. The third-order valence-electron chi connectivity index (χ3n) is 1.94. The minimum atomic E-state index is -0.327. The highest BCUT2D eigenvalue weighted by Crippen LogP contribution is 2.10. The maximum atomic E-state index is 10.5. The molecule has 0 spiro atoms. The average Bonchev–Trinajstić information content (AvgIpc) is 2.29. The van der Waals surface area contributed by atoms with Gasteiger partial charge >= 0.3 is 5.97 Å². The van der Waals surface area contributed by atoms with Crippen LogP contribution in [-0.2, 0) is 14.4 Å². The van der Waals surface area contributed by atoms with Crippen molar-refractivity contribution in [3.05, 3.63) is 34.9 Å². The van der Waals surface area contributed by atoms with Crippen LogP contribution >= 0.6 is 11.6 Å². The summed E-state index contributed by atoms with van der Waals surface area (Å²) in [5, 5.41) is 4.58. The van der Waals surface area contributed by atoms with E-state index in [1.165, 1.54) is 6.92 Å². The van der Waals surface area contributed by atoms with Gasteiger partial charge in [0.15, 0.2) is 6.61 Å². The predicted octanol–water partition coefficient (Wildman–Crippen LogP) is 2.64. The molecule has 1 rings (SSSR count). The van der Waals surface area contributed by atoms with Crippen molar-refractivity contribution >= 4 is 23.3 Å². The van der Waals surface area contributed by atoms with E-state index in [1.807, 2.05) is 19.1 Å². The van der Waals surface area contributed by atoms with Crippen LogP contribution in [0.4, 0.5) is 0 Å². The summed E-state index contributed by atoms with van der Waals surface area (Å²) in [5.74, 6) is -0.327. The van der Waals surface area contributed by atoms with Crippen molar-refractivity contribution in [2.75, 3.05) is 13.2 Å². The number of carbonyl (C=O) groups excluding carboxylic acids is 1. The maximum Gasteiger partial charge on any atom is 0.302 e. The van der Waals surface area contributed by atoms with E-state index >= 15 is 0 Å². The van der Waals surface area contributed by atoms with E-state index in [-0.39, 0.29) is 19.2 Å². The van der Waals surface area contributed by atoms with E-state index in [0.717, 1.165) is 11.3 Å². The zero-order valence-electron chi connectivity index (χ0n) is 9.77. The molecule has 0 aliphatic heterocycles. The number of benzene rings is 1. The Morgan fingerprint density at radius 3 is 2.47 bits per heavy atom. The molecule has 0 heterocycles. The molecule has 0 radical (unpaired) electrons. The van der Waals surface area contributed by atoms with Gasteiger partial charge in [-0.1, -0.05) is 28.9 Å². The Morgan fingerprint density at radius 1 is 1.24 bits per heavy atom. The van der Waals surface area contributed by atoms with Crippen LogP contribution in [0.15, 0.2) is 29.4 Å². The monoisotopic (exact) mass is 255 g/mol. The predicted molar refractivity (Wildman–Crippen MR) is 66.2 cm³/mol. The molecule has 0 saturated heterocycles. The molecule has 92 valence electrons. The molecule has 0 bridgehead atoms. The molecule has 0 fully saturated rings. The SMILES string of the molecule is CC(=O)OCCO/N=C(\C)c1ccc(Cl)cc1. The number of halogens is 1. The van der Waals surface area contributed by atoms with Crippen LogP contribution in [0, 0.1) is 0 Å². The first-order valence-electron chi connectivity index (χ1n) is 5.15. The number of hydrogen-bond donors (Lipinski definition) is 0. The van der Waals surface area contributed by atoms with Gasteiger partial charge in [-0.2, -0.15) is 0 Å². The van der Waals surface area contributed by atoms with Crippen molar-refractivity contribution in [2.45, 2.75) is 13.8 Å². The van der Waals surface area contributed by atoms with Crippen molar-refractivity contribution in [3.63, 3.8) is 0 Å². The maximum absolute atomic E-state index is 10.5. The lowest BCUT2D eigenvalue weighted by Crippen LogP contribution is -2.06. The zero-order chi connectivity index (χ0) is 12.7. The molecule has 1 aromatic carbocycles. The number of carbonyl (C=O) groups is 1. The molecule has 5 heteroatoms. The Bertz CT molecular complexity index is 401. The van der Waals surface area contributed by atoms with E-state index < -0.39 is 0 Å². The second-order valence-corrected chi connectivity index (χ2v) is 3.79. The molecule has 0 atom stereocenters. The normalized spacial score (nSPS) is 11.1. The van der Waals surface area contributed by atoms with Gasteiger partial charge in [0.1, 0.15) is 6.61 Å². The molecule has 0 unspecified atom stereocenters. The van der Waals surface area contributed by atoms with Crippen LogP contribution in [0.3, 0.4) is 0 Å². The van der Waals surface area contributed by atoms with Gasteiger partial charge in [-0.15, -0.1) is 0 Å². The van der Waals surface area contributed by atoms with E-state index in [0.29, 0.717) is 5.02 Å². The number of esters is 1. The Morgan fingerprint density at radius 2 is 1.88 bits per heavy atom. The van der Waals surface area contributed by atoms with Gasteiger partial charge in [-0.05, 0) is 24.6 Å². The summed E-state index contributed by atoms with van der Waals surface area (Å²) >= 11 is 5.77. The van der Waals surface area contributed by atoms with Crippen LogP contribution in [-0.4, -0.2) is 24.9 Å². The number of ether oxygens (including phenoxy) is 1. The summed E-state index contributed by atoms with van der Waals surface area (Å²) in [6, 6.07) is 7.29. The molecule has 0 saturated carbocycles. The van der Waals surface area contributed by atoms with Gasteiger partial charge in [-0.25, -0.2) is 0 Å². The molecule has 4 nitrogen and oxygen atoms in total. The van der Waals surface area contributed by atoms with Gasteiger partial charge in [0.25, 0.3) is 0 Å². The van der Waals surface area contributed by atoms with Gasteiger partial charge < -0.3 is 9.57 Å². The first kappa shape index (κ1) is 13.5. The van der Waals surface area contributed by atoms with Gasteiger partial charge in [0.2, 0.25) is 0 Å². The Balaban J connectivity index is 2.39. The Kier molecular flexibility index (Phi) is 5.49. The first-order chi connectivity index (χ1) is 8.09. The number of rotatable bonds is 5. The third-order valence-corrected chi connectivity index (χ3v) is 2.20. The van der Waals surface area contributed by atoms with E-state index in [1.54, 1.807) is 12.1 Å². The lowest BCUT2D eigenvalue weighted by molar-refractivity contribution is -0.142. The lowest BCUT2D eigenvalue weighted by Gasteiger charge is -2.03. The van der Waals surface area contributed by atoms with Crippen LogP contribution in [0.1, 0.15) is 19.4 Å². The van der Waals surface area contributed by atoms with Crippen LogP contribution in [0.2, 0.25) is 5.02 Å². The topological polar surface area (TPSA) is 47.9 Å². The highest BCUT2D eigenvalue weighted by Gasteiger charge is 1.98. The molecular weight excluding hydrogens is 242 g/mol. The van der Waals surface area contributed by atoms with Gasteiger partial charge in [0, 0.05) is 11.9 Å². The smallest absolute Gasteiger partial charge is 0.302 e. The van der Waals surface area contributed by atoms with Crippen molar-refractivity contribution in [3.8, 4) is 0 Å². The van der Waals surface area contributed by atoms with Gasteiger partial charge in [0.05, 0.1) is 5.71 Å². The summed E-state index contributed by atoms with van der Waals surface area (Å²) in [4.78, 5) is 15.5. The van der Waals surface area contributed by atoms with Crippen LogP contribution < -0.4 is 0 Å². The van der Waals surface area contributed by atoms with Crippen molar-refractivity contribution in [1.29, 1.82) is 0 Å². The van der Waals surface area contributed by atoms with Crippen molar-refractivity contribution in [2.24, 2.45) is 5.16 Å². The molecule has 1 aromatic rings. The average molecular weight is 256 g/mol. The van der Waals surface area contributed by atoms with Crippen LogP contribution in [0.5, 0.6) is 0 Å². The molecule has 0 N–H and O–H groups in total. The summed E-state index contributed by atoms with van der Waals surface area (Å²) in [6.07, 6.45) is 0. The summed E-state index contributed by atoms with van der Waals surface area (Å²) < 4.78 is 4.69. The second-order valence-electron chi connectivity index (χ2n) is 3.36. The lowest BCUT2D eigenvalue weighted by atomic mass is 10.1. The van der Waals surface area contributed by atoms with Crippen molar-refractivity contribution < 1.29 is 14.4 Å². The number of oxime groups is 1. The molecule has 0 aliphatic rings. The fourth-order valence-electron chi connectivity index (χ4n) is 1.11. The van der Waals surface area contributed by atoms with Crippen molar-refractivity contribution in [1.82, 2.24) is 0 Å². The zero-order valence-corrected chi connectivity index (χ0v) is 10.5. The number of nitrogens with zero attached hydrogens (tertiary/aromatic N) is 1. The molecule has 17 heavy (non-hydrogen) atoms. The third kappa shape index (κ3) is 5.36. The largest absolute Gasteiger partial charge is 0.462 e. The van der Waals surface area contributed by atoms with E-state index in [4.69, 9.17) is 21.2 Å². The molecule has 0 aliphatic carbocycles. The van der Waals surface area contributed by atoms with E-state index in [2.05, 4.69) is 5.16 Å². The quantitative estimate of drug-likeness (QED) is 0.352. The highest BCUT2D eigenvalue weighted by molar-refractivity contribution is 6.30. The first-order valence-corrected chi connectivity index (χ1v) is 5.53. The minimum absolute atomic E-state index is 0.201. The summed E-state index contributed by atoms with van der Waals surface area (Å²) in [7, 11) is 0. The van der Waals surface area contributed by atoms with Crippen LogP contribution in [0.25, 0.3) is 0 Å². The summed E-state index contributed by atoms with van der Waals surface area (Å²) in [6.45, 7) is 3.62. The second kappa shape index (κ2) is 6.91. The van der Waals surface area contributed by atoms with Gasteiger partial charge in [-0.3, -0.25) is 4.79 Å². The molecule has 0 aromatic heterocycles. The Labute approximate surface area is 105 Å². The summed E-state index contributed by atoms with van der Waals surface area (Å²) in [5.41, 5.74) is 1.67. The fourth-order valence-corrected chi connectivity index (χ4v) is 1.23. The number of hydrogen-bond acceptors (Lipinski definition) is 4. The molecular formula is C12H14ClNO3. The highest BCUT2D eigenvalue weighted by atomic mass is 35.5. The standard InChI is InChI=1S/C12H14ClNO3/c1-9(11-3-5-12(13)6-4-11)14-17-8-7-16-10(2)15/h3-6H,7-8H2,1-2H3/b14-9+. The van der Waals surface area contributed by atoms with E-state index in [9.17, 15) is 4.79 Å². The minimum Gasteiger partial charge on any atom is -0.462 e. The Hall–Kier alpha value is -1.55. The fraction of sp³-hybridized carbons (Fsp3) is 0.333.